The minimum absolute atomic E-state index is 0.0796. The number of hydrogen-bond acceptors (Lipinski definition) is 3. The highest BCUT2D eigenvalue weighted by molar-refractivity contribution is 5.79. The average Bonchev–Trinajstić information content (AvgIpc) is 2.99. The molecule has 1 fully saturated rings. The number of likely N-dealkylation sites (tertiary alicyclic amines) is 1. The quantitative estimate of drug-likeness (QED) is 0.797. The second kappa shape index (κ2) is 7.78. The molecule has 1 aliphatic rings. The number of carboxylic acids is 1. The largest absolute Gasteiger partial charge is 0.481 e. The molecule has 2 N–H and O–H groups in total. The first-order chi connectivity index (χ1) is 10.2. The minimum Gasteiger partial charge on any atom is -0.481 e. The van der Waals surface area contributed by atoms with Crippen LogP contribution < -0.4 is 5.32 Å². The number of carbonyl (C=O) groups is 2. The SMILES string of the molecule is O=C(CCN1CCCC1)NCC(C(=O)O)c1ccccc1. The standard InChI is InChI=1S/C16H22N2O3/c19-15(8-11-18-9-4-5-10-18)17-12-14(16(20)21)13-6-2-1-3-7-13/h1-3,6-7,14H,4-5,8-12H2,(H,17,19)(H,20,21). The van der Waals surface area contributed by atoms with Gasteiger partial charge >= 0.3 is 5.97 Å². The van der Waals surface area contributed by atoms with Crippen LogP contribution in [0.15, 0.2) is 30.3 Å². The zero-order valence-electron chi connectivity index (χ0n) is 12.1. The Balaban J connectivity index is 1.78. The van der Waals surface area contributed by atoms with Gasteiger partial charge in [0.1, 0.15) is 0 Å². The van der Waals surface area contributed by atoms with Crippen LogP contribution in [-0.4, -0.2) is 48.1 Å². The fourth-order valence-electron chi connectivity index (χ4n) is 2.60. The Morgan fingerprint density at radius 3 is 2.48 bits per heavy atom. The predicted octanol–water partition coefficient (Wildman–Crippen LogP) is 1.46. The summed E-state index contributed by atoms with van der Waals surface area (Å²) in [4.78, 5) is 25.4. The fraction of sp³-hybridized carbons (Fsp3) is 0.500. The van der Waals surface area contributed by atoms with Crippen molar-refractivity contribution in [1.82, 2.24) is 10.2 Å². The molecule has 0 aromatic heterocycles. The molecular weight excluding hydrogens is 268 g/mol. The number of amides is 1. The normalized spacial score (nSPS) is 16.6. The van der Waals surface area contributed by atoms with Gasteiger partial charge in [0.05, 0.1) is 5.92 Å². The highest BCUT2D eigenvalue weighted by Crippen LogP contribution is 2.14. The number of nitrogens with zero attached hydrogens (tertiary/aromatic N) is 1. The molecule has 0 spiro atoms. The van der Waals surface area contributed by atoms with Gasteiger partial charge in [-0.2, -0.15) is 0 Å². The van der Waals surface area contributed by atoms with Crippen molar-refractivity contribution in [3.05, 3.63) is 35.9 Å². The van der Waals surface area contributed by atoms with Crippen molar-refractivity contribution in [2.75, 3.05) is 26.2 Å². The molecule has 1 aromatic carbocycles. The van der Waals surface area contributed by atoms with Crippen LogP contribution in [0.5, 0.6) is 0 Å². The van der Waals surface area contributed by atoms with Crippen molar-refractivity contribution in [2.45, 2.75) is 25.2 Å². The van der Waals surface area contributed by atoms with Gasteiger partial charge in [0.2, 0.25) is 5.91 Å². The summed E-state index contributed by atoms with van der Waals surface area (Å²) in [5.41, 5.74) is 0.713. The predicted molar refractivity (Wildman–Crippen MR) is 80.1 cm³/mol. The Labute approximate surface area is 125 Å². The molecule has 0 saturated carbocycles. The first-order valence-electron chi connectivity index (χ1n) is 7.43. The minimum atomic E-state index is -0.916. The monoisotopic (exact) mass is 290 g/mol. The van der Waals surface area contributed by atoms with E-state index in [9.17, 15) is 14.7 Å². The summed E-state index contributed by atoms with van der Waals surface area (Å²) in [6, 6.07) is 9.00. The number of carbonyl (C=O) groups excluding carboxylic acids is 1. The van der Waals surface area contributed by atoms with Crippen LogP contribution in [0, 0.1) is 0 Å². The summed E-state index contributed by atoms with van der Waals surface area (Å²) in [6.45, 7) is 3.02. The summed E-state index contributed by atoms with van der Waals surface area (Å²) < 4.78 is 0. The maximum absolute atomic E-state index is 11.8. The van der Waals surface area contributed by atoms with E-state index in [1.807, 2.05) is 6.07 Å². The molecule has 1 aliphatic heterocycles. The molecular formula is C16H22N2O3. The first kappa shape index (κ1) is 15.5. The molecule has 5 heteroatoms. The average molecular weight is 290 g/mol. The van der Waals surface area contributed by atoms with Gasteiger partial charge in [0.15, 0.2) is 0 Å². The van der Waals surface area contributed by atoms with Crippen molar-refractivity contribution in [3.63, 3.8) is 0 Å². The van der Waals surface area contributed by atoms with Crippen LogP contribution in [0.1, 0.15) is 30.7 Å². The van der Waals surface area contributed by atoms with Crippen molar-refractivity contribution >= 4 is 11.9 Å². The molecule has 1 unspecified atom stereocenters. The zero-order chi connectivity index (χ0) is 15.1. The van der Waals surface area contributed by atoms with Gasteiger partial charge in [-0.25, -0.2) is 0 Å². The second-order valence-electron chi connectivity index (χ2n) is 5.40. The Bertz CT molecular complexity index is 470. The lowest BCUT2D eigenvalue weighted by molar-refractivity contribution is -0.138. The van der Waals surface area contributed by atoms with E-state index in [4.69, 9.17) is 0 Å². The third kappa shape index (κ3) is 4.86. The first-order valence-corrected chi connectivity index (χ1v) is 7.43. The summed E-state index contributed by atoms with van der Waals surface area (Å²) in [6.07, 6.45) is 2.84. The third-order valence-electron chi connectivity index (χ3n) is 3.86. The lowest BCUT2D eigenvalue weighted by Gasteiger charge is -2.16. The van der Waals surface area contributed by atoms with E-state index >= 15 is 0 Å². The molecule has 0 radical (unpaired) electrons. The summed E-state index contributed by atoms with van der Waals surface area (Å²) >= 11 is 0. The van der Waals surface area contributed by atoms with Gasteiger partial charge < -0.3 is 15.3 Å². The molecule has 0 bridgehead atoms. The molecule has 1 amide bonds. The fourth-order valence-corrected chi connectivity index (χ4v) is 2.60. The van der Waals surface area contributed by atoms with E-state index in [1.54, 1.807) is 24.3 Å². The Morgan fingerprint density at radius 1 is 1.19 bits per heavy atom. The van der Waals surface area contributed by atoms with Gasteiger partial charge in [-0.1, -0.05) is 30.3 Å². The van der Waals surface area contributed by atoms with Crippen LogP contribution in [0.25, 0.3) is 0 Å². The molecule has 0 aliphatic carbocycles. The van der Waals surface area contributed by atoms with E-state index in [-0.39, 0.29) is 12.5 Å². The van der Waals surface area contributed by atoms with Crippen LogP contribution in [-0.2, 0) is 9.59 Å². The van der Waals surface area contributed by atoms with Gasteiger partial charge in [0, 0.05) is 19.5 Å². The number of hydrogen-bond donors (Lipinski definition) is 2. The molecule has 1 heterocycles. The lowest BCUT2D eigenvalue weighted by atomic mass is 9.99. The van der Waals surface area contributed by atoms with E-state index in [0.717, 1.165) is 19.6 Å². The van der Waals surface area contributed by atoms with Crippen molar-refractivity contribution in [2.24, 2.45) is 0 Å². The smallest absolute Gasteiger partial charge is 0.312 e. The molecule has 2 rings (SSSR count). The number of rotatable bonds is 7. The Morgan fingerprint density at radius 2 is 1.86 bits per heavy atom. The number of benzene rings is 1. The maximum atomic E-state index is 11.8. The highest BCUT2D eigenvalue weighted by atomic mass is 16.4. The van der Waals surface area contributed by atoms with Crippen molar-refractivity contribution in [1.29, 1.82) is 0 Å². The van der Waals surface area contributed by atoms with E-state index in [1.165, 1.54) is 12.8 Å². The lowest BCUT2D eigenvalue weighted by Crippen LogP contribution is -2.34. The Hall–Kier alpha value is -1.88. The van der Waals surface area contributed by atoms with Crippen LogP contribution in [0.3, 0.4) is 0 Å². The second-order valence-corrected chi connectivity index (χ2v) is 5.40. The highest BCUT2D eigenvalue weighted by Gasteiger charge is 2.20. The topological polar surface area (TPSA) is 69.6 Å². The van der Waals surface area contributed by atoms with Gasteiger partial charge in [-0.05, 0) is 31.5 Å². The third-order valence-corrected chi connectivity index (χ3v) is 3.86. The van der Waals surface area contributed by atoms with Crippen molar-refractivity contribution < 1.29 is 14.7 Å². The molecule has 1 atom stereocenters. The van der Waals surface area contributed by atoms with Crippen molar-refractivity contribution in [3.8, 4) is 0 Å². The number of aliphatic carboxylic acids is 1. The molecule has 5 nitrogen and oxygen atoms in total. The maximum Gasteiger partial charge on any atom is 0.312 e. The summed E-state index contributed by atoms with van der Waals surface area (Å²) in [7, 11) is 0. The summed E-state index contributed by atoms with van der Waals surface area (Å²) in [5.74, 6) is -1.69. The van der Waals surface area contributed by atoms with E-state index < -0.39 is 11.9 Å². The van der Waals surface area contributed by atoms with Gasteiger partial charge in [0.25, 0.3) is 0 Å². The zero-order valence-corrected chi connectivity index (χ0v) is 12.1. The number of nitrogens with one attached hydrogen (secondary N) is 1. The van der Waals surface area contributed by atoms with Gasteiger partial charge in [-0.15, -0.1) is 0 Å². The van der Waals surface area contributed by atoms with Crippen LogP contribution in [0.4, 0.5) is 0 Å². The van der Waals surface area contributed by atoms with Crippen LogP contribution in [0.2, 0.25) is 0 Å². The molecule has 21 heavy (non-hydrogen) atoms. The summed E-state index contributed by atoms with van der Waals surface area (Å²) in [5, 5.41) is 12.0. The molecule has 114 valence electrons. The number of carboxylic acid groups (broad SMARTS) is 1. The molecule has 1 aromatic rings. The Kier molecular flexibility index (Phi) is 5.75. The van der Waals surface area contributed by atoms with Gasteiger partial charge in [-0.3, -0.25) is 9.59 Å². The van der Waals surface area contributed by atoms with E-state index in [0.29, 0.717) is 12.0 Å². The van der Waals surface area contributed by atoms with Crippen LogP contribution >= 0.6 is 0 Å². The van der Waals surface area contributed by atoms with E-state index in [2.05, 4.69) is 10.2 Å². The molecule has 1 saturated heterocycles.